The topological polar surface area (TPSA) is 17.3 Å². The Labute approximate surface area is 79.2 Å². The zero-order chi connectivity index (χ0) is 9.68. The summed E-state index contributed by atoms with van der Waals surface area (Å²) in [4.78, 5) is 0. The molecule has 13 heavy (non-hydrogen) atoms. The van der Waals surface area contributed by atoms with E-state index >= 15 is 0 Å². The molecule has 0 aliphatic heterocycles. The Morgan fingerprint density at radius 2 is 2.00 bits per heavy atom. The number of nitrogens with zero attached hydrogens (tertiary/aromatic N) is 2. The summed E-state index contributed by atoms with van der Waals surface area (Å²) < 4.78 is 1.87. The van der Waals surface area contributed by atoms with Crippen LogP contribution in [0, 0.1) is 6.92 Å². The predicted octanol–water partition coefficient (Wildman–Crippen LogP) is 3.06. The maximum atomic E-state index is 4.12. The van der Waals surface area contributed by atoms with Gasteiger partial charge < -0.3 is 0 Å². The standard InChI is InChI=1S/C8H8N2.C3H8/c1-7-4-5-9-10-6-2-3-8(7)10;1-3-2/h2-6H,1H3;3H2,1-2H3. The van der Waals surface area contributed by atoms with Gasteiger partial charge in [-0.2, -0.15) is 5.10 Å². The van der Waals surface area contributed by atoms with Gasteiger partial charge in [0.15, 0.2) is 0 Å². The Balaban J connectivity index is 0.000000251. The summed E-state index contributed by atoms with van der Waals surface area (Å²) in [6.45, 7) is 6.33. The average Bonchev–Trinajstić information content (AvgIpc) is 2.54. The van der Waals surface area contributed by atoms with Crippen molar-refractivity contribution in [3.63, 3.8) is 0 Å². The minimum absolute atomic E-state index is 1.18. The fraction of sp³-hybridized carbons (Fsp3) is 0.364. The van der Waals surface area contributed by atoms with Crippen molar-refractivity contribution in [2.45, 2.75) is 27.2 Å². The van der Waals surface area contributed by atoms with Crippen molar-refractivity contribution in [3.05, 3.63) is 36.2 Å². The van der Waals surface area contributed by atoms with Gasteiger partial charge in [-0.05, 0) is 30.7 Å². The second kappa shape index (κ2) is 4.65. The molecule has 0 unspecified atom stereocenters. The van der Waals surface area contributed by atoms with Crippen molar-refractivity contribution >= 4 is 5.52 Å². The van der Waals surface area contributed by atoms with Crippen molar-refractivity contribution in [1.29, 1.82) is 0 Å². The van der Waals surface area contributed by atoms with Crippen LogP contribution in [0.15, 0.2) is 30.6 Å². The Kier molecular flexibility index (Phi) is 3.50. The summed E-state index contributed by atoms with van der Waals surface area (Å²) >= 11 is 0. The minimum atomic E-state index is 1.18. The zero-order valence-corrected chi connectivity index (χ0v) is 8.49. The van der Waals surface area contributed by atoms with E-state index in [1.54, 1.807) is 0 Å². The van der Waals surface area contributed by atoms with Gasteiger partial charge in [0.1, 0.15) is 0 Å². The maximum Gasteiger partial charge on any atom is 0.0675 e. The number of rotatable bonds is 0. The van der Waals surface area contributed by atoms with Crippen LogP contribution in [0.25, 0.3) is 5.52 Å². The van der Waals surface area contributed by atoms with E-state index in [2.05, 4.69) is 31.9 Å². The molecule has 0 atom stereocenters. The number of aryl methyl sites for hydroxylation is 1. The van der Waals surface area contributed by atoms with E-state index in [4.69, 9.17) is 0 Å². The summed E-state index contributed by atoms with van der Waals surface area (Å²) in [6, 6.07) is 6.06. The molecule has 2 aromatic rings. The number of hydrogen-bond acceptors (Lipinski definition) is 1. The molecule has 0 saturated carbocycles. The van der Waals surface area contributed by atoms with E-state index in [1.807, 2.05) is 29.0 Å². The van der Waals surface area contributed by atoms with E-state index in [0.29, 0.717) is 0 Å². The van der Waals surface area contributed by atoms with E-state index < -0.39 is 0 Å². The van der Waals surface area contributed by atoms with Gasteiger partial charge >= 0.3 is 0 Å². The smallest absolute Gasteiger partial charge is 0.0675 e. The van der Waals surface area contributed by atoms with E-state index in [-0.39, 0.29) is 0 Å². The molecule has 2 rings (SSSR count). The van der Waals surface area contributed by atoms with Crippen molar-refractivity contribution < 1.29 is 0 Å². The summed E-state index contributed by atoms with van der Waals surface area (Å²) in [5, 5.41) is 4.12. The Bertz CT molecular complexity index is 363. The second-order valence-electron chi connectivity index (χ2n) is 3.06. The summed E-state index contributed by atoms with van der Waals surface area (Å²) in [5.74, 6) is 0. The van der Waals surface area contributed by atoms with Crippen LogP contribution in [0.2, 0.25) is 0 Å². The van der Waals surface area contributed by atoms with Gasteiger partial charge in [-0.25, -0.2) is 4.52 Å². The maximum absolute atomic E-state index is 4.12. The third-order valence-corrected chi connectivity index (χ3v) is 1.65. The van der Waals surface area contributed by atoms with Crippen LogP contribution in [-0.2, 0) is 0 Å². The number of aromatic nitrogens is 2. The van der Waals surface area contributed by atoms with Gasteiger partial charge in [-0.15, -0.1) is 0 Å². The van der Waals surface area contributed by atoms with Crippen molar-refractivity contribution in [3.8, 4) is 0 Å². The lowest BCUT2D eigenvalue weighted by Gasteiger charge is -1.94. The van der Waals surface area contributed by atoms with Crippen molar-refractivity contribution in [2.75, 3.05) is 0 Å². The molecule has 0 saturated heterocycles. The first kappa shape index (κ1) is 9.78. The lowest BCUT2D eigenvalue weighted by Crippen LogP contribution is -1.88. The summed E-state index contributed by atoms with van der Waals surface area (Å²) in [6.07, 6.45) is 5.00. The summed E-state index contributed by atoms with van der Waals surface area (Å²) in [7, 11) is 0. The molecular formula is C11H16N2. The average molecular weight is 176 g/mol. The van der Waals surface area contributed by atoms with E-state index in [9.17, 15) is 0 Å². The third kappa shape index (κ3) is 2.31. The van der Waals surface area contributed by atoms with Crippen LogP contribution in [0.1, 0.15) is 25.8 Å². The molecule has 2 aromatic heterocycles. The predicted molar refractivity (Wildman–Crippen MR) is 55.9 cm³/mol. The molecule has 0 fully saturated rings. The molecule has 2 nitrogen and oxygen atoms in total. The fourth-order valence-electron chi connectivity index (χ4n) is 1.09. The first-order valence-corrected chi connectivity index (χ1v) is 4.68. The summed E-state index contributed by atoms with van der Waals surface area (Å²) in [5.41, 5.74) is 2.45. The highest BCUT2D eigenvalue weighted by Crippen LogP contribution is 2.06. The van der Waals surface area contributed by atoms with Crippen LogP contribution in [0.4, 0.5) is 0 Å². The number of fused-ring (bicyclic) bond motifs is 1. The molecule has 0 N–H and O–H groups in total. The Hall–Kier alpha value is -1.31. The lowest BCUT2D eigenvalue weighted by atomic mass is 10.3. The quantitative estimate of drug-likeness (QED) is 0.603. The number of hydrogen-bond donors (Lipinski definition) is 0. The molecule has 0 aliphatic carbocycles. The monoisotopic (exact) mass is 176 g/mol. The van der Waals surface area contributed by atoms with Crippen LogP contribution in [-0.4, -0.2) is 9.61 Å². The highest BCUT2D eigenvalue weighted by Gasteiger charge is 1.92. The van der Waals surface area contributed by atoms with E-state index in [0.717, 1.165) is 0 Å². The second-order valence-corrected chi connectivity index (χ2v) is 3.06. The fourth-order valence-corrected chi connectivity index (χ4v) is 1.09. The molecule has 2 heteroatoms. The molecule has 70 valence electrons. The molecule has 0 spiro atoms. The van der Waals surface area contributed by atoms with Gasteiger partial charge in [-0.1, -0.05) is 20.3 Å². The van der Waals surface area contributed by atoms with Crippen molar-refractivity contribution in [1.82, 2.24) is 9.61 Å². The highest BCUT2D eigenvalue weighted by molar-refractivity contribution is 5.52. The van der Waals surface area contributed by atoms with Crippen molar-refractivity contribution in [2.24, 2.45) is 0 Å². The third-order valence-electron chi connectivity index (χ3n) is 1.65. The van der Waals surface area contributed by atoms with E-state index in [1.165, 1.54) is 17.5 Å². The van der Waals surface area contributed by atoms with Crippen LogP contribution in [0.3, 0.4) is 0 Å². The Morgan fingerprint density at radius 3 is 2.62 bits per heavy atom. The first-order valence-electron chi connectivity index (χ1n) is 4.68. The molecule has 0 aromatic carbocycles. The molecule has 0 bridgehead atoms. The van der Waals surface area contributed by atoms with Crippen LogP contribution >= 0.6 is 0 Å². The van der Waals surface area contributed by atoms with Gasteiger partial charge in [0.2, 0.25) is 0 Å². The van der Waals surface area contributed by atoms with Gasteiger partial charge in [0, 0.05) is 12.4 Å². The van der Waals surface area contributed by atoms with Gasteiger partial charge in [0.05, 0.1) is 5.52 Å². The highest BCUT2D eigenvalue weighted by atomic mass is 15.2. The van der Waals surface area contributed by atoms with Gasteiger partial charge in [-0.3, -0.25) is 0 Å². The SMILES string of the molecule is CCC.Cc1ccnn2cccc12. The normalized spacial score (nSPS) is 9.46. The first-order chi connectivity index (χ1) is 6.29. The minimum Gasteiger partial charge on any atom is -0.241 e. The molecular weight excluding hydrogens is 160 g/mol. The molecule has 0 radical (unpaired) electrons. The molecule has 0 amide bonds. The van der Waals surface area contributed by atoms with Crippen LogP contribution < -0.4 is 0 Å². The zero-order valence-electron chi connectivity index (χ0n) is 8.49. The molecule has 0 aliphatic rings. The largest absolute Gasteiger partial charge is 0.241 e. The van der Waals surface area contributed by atoms with Crippen LogP contribution in [0.5, 0.6) is 0 Å². The lowest BCUT2D eigenvalue weighted by molar-refractivity contribution is 0.934. The molecule has 2 heterocycles. The Morgan fingerprint density at radius 1 is 1.31 bits per heavy atom. The van der Waals surface area contributed by atoms with Gasteiger partial charge in [0.25, 0.3) is 0 Å².